The van der Waals surface area contributed by atoms with Crippen LogP contribution < -0.4 is 19.9 Å². The summed E-state index contributed by atoms with van der Waals surface area (Å²) in [5.41, 5.74) is 2.51. The number of hydrogen-bond acceptors (Lipinski definition) is 5. The molecule has 0 saturated carbocycles. The summed E-state index contributed by atoms with van der Waals surface area (Å²) in [6.07, 6.45) is 0. The number of ether oxygens (including phenoxy) is 1. The van der Waals surface area contributed by atoms with Gasteiger partial charge in [0.15, 0.2) is 0 Å². The summed E-state index contributed by atoms with van der Waals surface area (Å²) in [5.74, 6) is -0.628. The summed E-state index contributed by atoms with van der Waals surface area (Å²) in [7, 11) is 1.65. The van der Waals surface area contributed by atoms with Gasteiger partial charge in [-0.3, -0.25) is 4.79 Å². The smallest absolute Gasteiger partial charge is 0.337 e. The molecule has 1 fully saturated rings. The van der Waals surface area contributed by atoms with E-state index in [9.17, 15) is 14.7 Å². The number of carbonyl (C=O) groups excluding carboxylic acids is 1. The van der Waals surface area contributed by atoms with E-state index in [0.717, 1.165) is 24.5 Å². The highest BCUT2D eigenvalue weighted by Gasteiger charge is 2.23. The van der Waals surface area contributed by atoms with Gasteiger partial charge in [0.1, 0.15) is 5.75 Å². The molecular formula is C25H24ClN3O4. The van der Waals surface area contributed by atoms with Gasteiger partial charge in [0.05, 0.1) is 34.6 Å². The topological polar surface area (TPSA) is 82.1 Å². The fraction of sp³-hybridized carbons (Fsp3) is 0.200. The Hall–Kier alpha value is -3.71. The lowest BCUT2D eigenvalue weighted by Crippen LogP contribution is -2.47. The molecule has 0 unspecified atom stereocenters. The summed E-state index contributed by atoms with van der Waals surface area (Å²) in [4.78, 5) is 28.8. The highest BCUT2D eigenvalue weighted by molar-refractivity contribution is 6.34. The molecule has 2 N–H and O–H groups in total. The number of para-hydroxylation sites is 2. The first-order chi connectivity index (χ1) is 16.0. The van der Waals surface area contributed by atoms with Crippen molar-refractivity contribution in [2.24, 2.45) is 0 Å². The predicted molar refractivity (Wildman–Crippen MR) is 130 cm³/mol. The Bertz CT molecular complexity index is 1180. The van der Waals surface area contributed by atoms with Crippen molar-refractivity contribution >= 4 is 40.5 Å². The van der Waals surface area contributed by atoms with Gasteiger partial charge < -0.3 is 25.0 Å². The number of carbonyl (C=O) groups is 2. The van der Waals surface area contributed by atoms with Gasteiger partial charge in [0, 0.05) is 31.9 Å². The van der Waals surface area contributed by atoms with Crippen LogP contribution in [0, 0.1) is 0 Å². The molecule has 1 saturated heterocycles. The van der Waals surface area contributed by atoms with Gasteiger partial charge in [-0.15, -0.1) is 0 Å². The zero-order chi connectivity index (χ0) is 23.4. The predicted octanol–water partition coefficient (Wildman–Crippen LogP) is 4.63. The molecule has 33 heavy (non-hydrogen) atoms. The quantitative estimate of drug-likeness (QED) is 0.552. The number of carboxylic acid groups (broad SMARTS) is 1. The van der Waals surface area contributed by atoms with Crippen molar-refractivity contribution in [3.8, 4) is 5.75 Å². The van der Waals surface area contributed by atoms with Crippen LogP contribution in [0.5, 0.6) is 5.75 Å². The van der Waals surface area contributed by atoms with Crippen molar-refractivity contribution in [1.29, 1.82) is 0 Å². The number of anilines is 3. The molecule has 1 aliphatic heterocycles. The Labute approximate surface area is 197 Å². The molecule has 3 aromatic carbocycles. The second kappa shape index (κ2) is 9.83. The number of amides is 1. The number of nitrogens with zero attached hydrogens (tertiary/aromatic N) is 2. The summed E-state index contributed by atoms with van der Waals surface area (Å²) in [6.45, 7) is 2.77. The number of benzene rings is 3. The van der Waals surface area contributed by atoms with Crippen molar-refractivity contribution in [2.75, 3.05) is 48.4 Å². The van der Waals surface area contributed by atoms with E-state index in [1.165, 1.54) is 6.07 Å². The van der Waals surface area contributed by atoms with Gasteiger partial charge in [-0.2, -0.15) is 0 Å². The lowest BCUT2D eigenvalue weighted by atomic mass is 10.1. The minimum atomic E-state index is -1.05. The van der Waals surface area contributed by atoms with Gasteiger partial charge >= 0.3 is 5.97 Å². The van der Waals surface area contributed by atoms with Crippen LogP contribution in [0.4, 0.5) is 17.1 Å². The standard InChI is InChI=1S/C25H24ClN3O4/c1-33-23-9-5-4-8-22(23)29-14-12-28(13-15-29)21-11-10-17(16-19(21)25(31)32)27-24(30)18-6-2-3-7-20(18)26/h2-11,16H,12-15H2,1H3,(H,27,30)(H,31,32). The maximum Gasteiger partial charge on any atom is 0.337 e. The van der Waals surface area contributed by atoms with E-state index in [-0.39, 0.29) is 5.56 Å². The van der Waals surface area contributed by atoms with Gasteiger partial charge in [0.25, 0.3) is 5.91 Å². The van der Waals surface area contributed by atoms with E-state index in [1.54, 1.807) is 43.5 Å². The Morgan fingerprint density at radius 1 is 0.879 bits per heavy atom. The monoisotopic (exact) mass is 465 g/mol. The van der Waals surface area contributed by atoms with Gasteiger partial charge in [-0.05, 0) is 42.5 Å². The third kappa shape index (κ3) is 4.88. The molecule has 0 spiro atoms. The Kier molecular flexibility index (Phi) is 6.70. The van der Waals surface area contributed by atoms with Crippen LogP contribution in [0.3, 0.4) is 0 Å². The molecular weight excluding hydrogens is 442 g/mol. The molecule has 4 rings (SSSR count). The Morgan fingerprint density at radius 3 is 2.18 bits per heavy atom. The maximum absolute atomic E-state index is 12.6. The molecule has 8 heteroatoms. The number of carboxylic acids is 1. The maximum atomic E-state index is 12.6. The lowest BCUT2D eigenvalue weighted by molar-refractivity contribution is 0.0697. The van der Waals surface area contributed by atoms with Gasteiger partial charge in [0.2, 0.25) is 0 Å². The molecule has 7 nitrogen and oxygen atoms in total. The van der Waals surface area contributed by atoms with E-state index in [2.05, 4.69) is 15.1 Å². The molecule has 0 radical (unpaired) electrons. The van der Waals surface area contributed by atoms with Crippen molar-refractivity contribution in [2.45, 2.75) is 0 Å². The molecule has 3 aromatic rings. The molecule has 0 aliphatic carbocycles. The van der Waals surface area contributed by atoms with Crippen molar-refractivity contribution in [3.63, 3.8) is 0 Å². The van der Waals surface area contributed by atoms with Crippen LogP contribution in [-0.4, -0.2) is 50.3 Å². The first-order valence-corrected chi connectivity index (χ1v) is 10.9. The molecule has 1 amide bonds. The van der Waals surface area contributed by atoms with Gasteiger partial charge in [-0.1, -0.05) is 35.9 Å². The molecule has 1 heterocycles. The van der Waals surface area contributed by atoms with Crippen LogP contribution in [0.25, 0.3) is 0 Å². The summed E-state index contributed by atoms with van der Waals surface area (Å²) in [5, 5.41) is 12.9. The van der Waals surface area contributed by atoms with Crippen LogP contribution in [0.1, 0.15) is 20.7 Å². The fourth-order valence-electron chi connectivity index (χ4n) is 3.98. The lowest BCUT2D eigenvalue weighted by Gasteiger charge is -2.38. The first-order valence-electron chi connectivity index (χ1n) is 10.5. The second-order valence-electron chi connectivity index (χ2n) is 7.62. The summed E-state index contributed by atoms with van der Waals surface area (Å²) >= 11 is 6.10. The first kappa shape index (κ1) is 22.5. The van der Waals surface area contributed by atoms with E-state index >= 15 is 0 Å². The number of hydrogen-bond donors (Lipinski definition) is 2. The largest absolute Gasteiger partial charge is 0.495 e. The number of halogens is 1. The van der Waals surface area contributed by atoms with Crippen molar-refractivity contribution < 1.29 is 19.4 Å². The number of piperazine rings is 1. The zero-order valence-corrected chi connectivity index (χ0v) is 18.9. The Balaban J connectivity index is 1.50. The van der Waals surface area contributed by atoms with Gasteiger partial charge in [-0.25, -0.2) is 4.79 Å². The average molecular weight is 466 g/mol. The minimum absolute atomic E-state index is 0.137. The van der Waals surface area contributed by atoms with Crippen molar-refractivity contribution in [1.82, 2.24) is 0 Å². The van der Waals surface area contributed by atoms with E-state index < -0.39 is 11.9 Å². The fourth-order valence-corrected chi connectivity index (χ4v) is 4.21. The molecule has 1 aliphatic rings. The molecule has 0 bridgehead atoms. The zero-order valence-electron chi connectivity index (χ0n) is 18.1. The molecule has 170 valence electrons. The molecule has 0 atom stereocenters. The third-order valence-corrected chi connectivity index (χ3v) is 5.98. The third-order valence-electron chi connectivity index (χ3n) is 5.65. The van der Waals surface area contributed by atoms with E-state index in [4.69, 9.17) is 16.3 Å². The summed E-state index contributed by atoms with van der Waals surface area (Å²) in [6, 6.07) is 19.5. The van der Waals surface area contributed by atoms with E-state index in [0.29, 0.717) is 35.1 Å². The highest BCUT2D eigenvalue weighted by Crippen LogP contribution is 2.31. The van der Waals surface area contributed by atoms with Crippen LogP contribution in [0.15, 0.2) is 66.7 Å². The van der Waals surface area contributed by atoms with E-state index in [1.807, 2.05) is 24.3 Å². The number of aromatic carboxylic acids is 1. The number of rotatable bonds is 6. The van der Waals surface area contributed by atoms with Crippen LogP contribution in [0.2, 0.25) is 5.02 Å². The highest BCUT2D eigenvalue weighted by atomic mass is 35.5. The van der Waals surface area contributed by atoms with Crippen molar-refractivity contribution in [3.05, 3.63) is 82.9 Å². The minimum Gasteiger partial charge on any atom is -0.495 e. The molecule has 0 aromatic heterocycles. The average Bonchev–Trinajstić information content (AvgIpc) is 2.84. The summed E-state index contributed by atoms with van der Waals surface area (Å²) < 4.78 is 5.47. The second-order valence-corrected chi connectivity index (χ2v) is 8.02. The SMILES string of the molecule is COc1ccccc1N1CCN(c2ccc(NC(=O)c3ccccc3Cl)cc2C(=O)O)CC1. The Morgan fingerprint density at radius 2 is 1.52 bits per heavy atom. The van der Waals surface area contributed by atoms with Crippen LogP contribution in [-0.2, 0) is 0 Å². The number of nitrogens with one attached hydrogen (secondary N) is 1. The van der Waals surface area contributed by atoms with Crippen LogP contribution >= 0.6 is 11.6 Å². The normalized spacial score (nSPS) is 13.5. The number of methoxy groups -OCH3 is 1.